The first-order valence-electron chi connectivity index (χ1n) is 16.1. The van der Waals surface area contributed by atoms with Crippen LogP contribution in [0.3, 0.4) is 0 Å². The lowest BCUT2D eigenvalue weighted by atomic mass is 9.83. The molecule has 0 atom stereocenters. The molecule has 272 valence electrons. The number of hydrogen-bond acceptors (Lipinski definition) is 9. The van der Waals surface area contributed by atoms with Crippen LogP contribution < -0.4 is 4.74 Å². The number of ether oxygens (including phenoxy) is 1. The van der Waals surface area contributed by atoms with Crippen LogP contribution in [0.1, 0.15) is 65.0 Å². The Kier molecular flexibility index (Phi) is 13.2. The Morgan fingerprint density at radius 3 is 2.25 bits per heavy atom. The Bertz CT molecular complexity index is 1900. The second kappa shape index (κ2) is 16.7. The second-order valence-corrected chi connectivity index (χ2v) is 12.9. The first-order chi connectivity index (χ1) is 23.7. The number of aromatic nitrogens is 2. The summed E-state index contributed by atoms with van der Waals surface area (Å²) in [4.78, 5) is 58.6. The number of fused-ring (bicyclic) bond motifs is 1. The minimum Gasteiger partial charge on any atom is -0.491 e. The maximum absolute atomic E-state index is 15.2. The molecule has 0 saturated carbocycles. The fourth-order valence-electron chi connectivity index (χ4n) is 4.85. The Morgan fingerprint density at radius 2 is 1.65 bits per heavy atom. The van der Waals surface area contributed by atoms with Crippen molar-refractivity contribution in [2.45, 2.75) is 72.9 Å². The number of halogens is 4. The molecule has 0 saturated heterocycles. The van der Waals surface area contributed by atoms with E-state index in [2.05, 4.69) is 9.97 Å². The molecule has 0 aliphatic heterocycles. The molecule has 0 unspecified atom stereocenters. The number of Topliss-reactive ketones (excluding diaryl/α,β-unsaturated/α-hetero) is 3. The van der Waals surface area contributed by atoms with Crippen molar-refractivity contribution in [3.63, 3.8) is 0 Å². The third-order valence-corrected chi connectivity index (χ3v) is 8.40. The molecule has 3 aromatic rings. The quantitative estimate of drug-likeness (QED) is 0.0882. The number of amides is 1. The molecule has 0 aliphatic rings. The monoisotopic (exact) mass is 711 g/mol. The Hall–Kier alpha value is -5.14. The van der Waals surface area contributed by atoms with Gasteiger partial charge in [-0.3, -0.25) is 29.6 Å². The molecular formula is C37H41F4N5O5. The highest BCUT2D eigenvalue weighted by Gasteiger charge is 2.52. The SMILES string of the molecule is CC(=O)C/C(C)=C/CCc1cc2ncc(-c3ccc(CC(=O)C(=N)C(=N)CC(=O)C(C)(C)C(F)(F)F)c(F)c3)nc2cc1OCCN(C)C(C)=O. The van der Waals surface area contributed by atoms with Gasteiger partial charge in [0, 0.05) is 38.4 Å². The fraction of sp³-hybridized carbons (Fsp3) is 0.405. The van der Waals surface area contributed by atoms with Crippen LogP contribution in [0.5, 0.6) is 5.75 Å². The largest absolute Gasteiger partial charge is 0.491 e. The number of rotatable bonds is 17. The molecule has 0 bridgehead atoms. The van der Waals surface area contributed by atoms with E-state index >= 15 is 4.39 Å². The van der Waals surface area contributed by atoms with Crippen LogP contribution in [0.2, 0.25) is 0 Å². The van der Waals surface area contributed by atoms with Crippen molar-refractivity contribution in [1.82, 2.24) is 14.9 Å². The van der Waals surface area contributed by atoms with E-state index in [0.717, 1.165) is 17.2 Å². The summed E-state index contributed by atoms with van der Waals surface area (Å²) in [5, 5.41) is 15.8. The van der Waals surface area contributed by atoms with Crippen LogP contribution in [0.4, 0.5) is 17.6 Å². The van der Waals surface area contributed by atoms with E-state index in [4.69, 9.17) is 15.6 Å². The molecule has 10 nitrogen and oxygen atoms in total. The standard InChI is InChI=1S/C37H41F4N5O5/c1-21(14-22(2)47)8-7-9-26-16-29-30(19-33(26)51-13-12-46(6)23(3)48)45-31(20-44-29)25-11-10-24(27(38)15-25)17-32(49)35(43)28(42)18-34(50)36(4,5)37(39,40)41/h8,10-11,15-16,19-20,42-43H,7,9,12-14,17-18H2,1-6H3/b21-8+,42-28?,43-35?. The van der Waals surface area contributed by atoms with Crippen molar-refractivity contribution in [2.75, 3.05) is 20.2 Å². The molecule has 1 heterocycles. The van der Waals surface area contributed by atoms with E-state index in [0.29, 0.717) is 67.7 Å². The van der Waals surface area contributed by atoms with Crippen LogP contribution in [-0.4, -0.2) is 75.9 Å². The number of benzene rings is 2. The number of hydrogen-bond donors (Lipinski definition) is 2. The molecule has 51 heavy (non-hydrogen) atoms. The maximum Gasteiger partial charge on any atom is 0.400 e. The van der Waals surface area contributed by atoms with Crippen LogP contribution in [0.15, 0.2) is 48.2 Å². The highest BCUT2D eigenvalue weighted by Crippen LogP contribution is 2.39. The highest BCUT2D eigenvalue weighted by molar-refractivity contribution is 6.67. The van der Waals surface area contributed by atoms with Crippen LogP contribution in [0, 0.1) is 22.1 Å². The highest BCUT2D eigenvalue weighted by atomic mass is 19.4. The second-order valence-electron chi connectivity index (χ2n) is 12.9. The molecule has 3 rings (SSSR count). The van der Waals surface area contributed by atoms with Gasteiger partial charge in [0.2, 0.25) is 5.91 Å². The fourth-order valence-corrected chi connectivity index (χ4v) is 4.85. The maximum atomic E-state index is 15.2. The Labute approximate surface area is 293 Å². The summed E-state index contributed by atoms with van der Waals surface area (Å²) in [5.41, 5.74) is -1.33. The van der Waals surface area contributed by atoms with Crippen molar-refractivity contribution in [2.24, 2.45) is 5.41 Å². The average molecular weight is 712 g/mol. The number of nitrogens with one attached hydrogen (secondary N) is 2. The van der Waals surface area contributed by atoms with E-state index in [-0.39, 0.29) is 23.9 Å². The summed E-state index contributed by atoms with van der Waals surface area (Å²) in [6, 6.07) is 7.47. The lowest BCUT2D eigenvalue weighted by Crippen LogP contribution is -2.41. The Morgan fingerprint density at radius 1 is 0.961 bits per heavy atom. The van der Waals surface area contributed by atoms with Gasteiger partial charge in [-0.2, -0.15) is 13.2 Å². The van der Waals surface area contributed by atoms with Crippen LogP contribution in [-0.2, 0) is 32.0 Å². The summed E-state index contributed by atoms with van der Waals surface area (Å²) >= 11 is 0. The molecule has 1 aromatic heterocycles. The predicted octanol–water partition coefficient (Wildman–Crippen LogP) is 6.85. The molecule has 14 heteroatoms. The number of ketones is 3. The number of aryl methyl sites for hydroxylation is 1. The van der Waals surface area contributed by atoms with Gasteiger partial charge in [-0.25, -0.2) is 9.37 Å². The van der Waals surface area contributed by atoms with Gasteiger partial charge in [-0.1, -0.05) is 23.8 Å². The Balaban J connectivity index is 1.82. The molecule has 1 amide bonds. The number of likely N-dealkylation sites (N-methyl/N-ethyl adjacent to an activating group) is 1. The number of carbonyl (C=O) groups is 4. The molecule has 2 N–H and O–H groups in total. The molecule has 2 aromatic carbocycles. The van der Waals surface area contributed by atoms with Crippen molar-refractivity contribution < 1.29 is 41.5 Å². The summed E-state index contributed by atoms with van der Waals surface area (Å²) in [7, 11) is 1.66. The first kappa shape index (κ1) is 40.3. The first-order valence-corrected chi connectivity index (χ1v) is 16.1. The van der Waals surface area contributed by atoms with E-state index < -0.39 is 53.2 Å². The minimum absolute atomic E-state index is 0.0726. The number of allylic oxidation sites excluding steroid dienone is 2. The van der Waals surface area contributed by atoms with Crippen molar-refractivity contribution >= 4 is 45.7 Å². The van der Waals surface area contributed by atoms with Crippen molar-refractivity contribution in [3.8, 4) is 17.0 Å². The summed E-state index contributed by atoms with van der Waals surface area (Å²) in [6.07, 6.45) is -1.55. The number of nitrogens with zero attached hydrogens (tertiary/aromatic N) is 3. The zero-order valence-corrected chi connectivity index (χ0v) is 29.4. The molecule has 0 fully saturated rings. The van der Waals surface area contributed by atoms with Crippen LogP contribution in [0.25, 0.3) is 22.3 Å². The van der Waals surface area contributed by atoms with Crippen molar-refractivity contribution in [3.05, 3.63) is 65.1 Å². The van der Waals surface area contributed by atoms with E-state index in [9.17, 15) is 32.3 Å². The van der Waals surface area contributed by atoms with Crippen LogP contribution >= 0.6 is 0 Å². The van der Waals surface area contributed by atoms with Gasteiger partial charge in [0.25, 0.3) is 0 Å². The number of alkyl halides is 3. The third kappa shape index (κ3) is 10.7. The third-order valence-electron chi connectivity index (χ3n) is 8.40. The van der Waals surface area contributed by atoms with Gasteiger partial charge in [0.15, 0.2) is 11.6 Å². The van der Waals surface area contributed by atoms with Crippen molar-refractivity contribution in [1.29, 1.82) is 10.8 Å². The zero-order valence-electron chi connectivity index (χ0n) is 29.4. The normalized spacial score (nSPS) is 12.1. The lowest BCUT2D eigenvalue weighted by Gasteiger charge is -2.26. The molecular weight excluding hydrogens is 670 g/mol. The van der Waals surface area contributed by atoms with E-state index in [1.807, 2.05) is 19.1 Å². The number of carbonyl (C=O) groups excluding carboxylic acids is 4. The lowest BCUT2D eigenvalue weighted by molar-refractivity contribution is -0.209. The summed E-state index contributed by atoms with van der Waals surface area (Å²) in [6.45, 7) is 6.76. The minimum atomic E-state index is -4.88. The predicted molar refractivity (Wildman–Crippen MR) is 185 cm³/mol. The summed E-state index contributed by atoms with van der Waals surface area (Å²) in [5.74, 6) is -2.73. The van der Waals surface area contributed by atoms with Gasteiger partial charge in [-0.15, -0.1) is 0 Å². The van der Waals surface area contributed by atoms with Gasteiger partial charge >= 0.3 is 6.18 Å². The topological polar surface area (TPSA) is 154 Å². The smallest absolute Gasteiger partial charge is 0.400 e. The molecule has 0 aliphatic carbocycles. The van der Waals surface area contributed by atoms with E-state index in [1.165, 1.54) is 37.1 Å². The van der Waals surface area contributed by atoms with Gasteiger partial charge in [0.1, 0.15) is 35.1 Å². The van der Waals surface area contributed by atoms with Gasteiger partial charge in [0.05, 0.1) is 41.6 Å². The van der Waals surface area contributed by atoms with Gasteiger partial charge < -0.3 is 15.0 Å². The average Bonchev–Trinajstić information content (AvgIpc) is 3.03. The molecule has 0 spiro atoms. The van der Waals surface area contributed by atoms with Gasteiger partial charge in [-0.05, 0) is 63.8 Å². The van der Waals surface area contributed by atoms with E-state index in [1.54, 1.807) is 13.1 Å². The zero-order chi connectivity index (χ0) is 38.3. The summed E-state index contributed by atoms with van der Waals surface area (Å²) < 4.78 is 60.8. The molecule has 0 radical (unpaired) electrons.